The molecule has 0 fully saturated rings. The van der Waals surface area contributed by atoms with E-state index < -0.39 is 0 Å². The molecule has 0 bridgehead atoms. The molecule has 1 N–H and O–H groups in total. The minimum Gasteiger partial charge on any atom is -0.344 e. The Morgan fingerprint density at radius 3 is 3.06 bits per heavy atom. The Hall–Kier alpha value is -1.92. The maximum atomic E-state index is 11.5. The first-order chi connectivity index (χ1) is 8.22. The van der Waals surface area contributed by atoms with E-state index in [1.165, 1.54) is 0 Å². The zero-order chi connectivity index (χ0) is 12.3. The summed E-state index contributed by atoms with van der Waals surface area (Å²) in [6.45, 7) is 0.490. The highest BCUT2D eigenvalue weighted by atomic mass is 35.5. The molecule has 0 aliphatic heterocycles. The number of halogens is 1. The maximum Gasteiger partial charge on any atom is 0.240 e. The van der Waals surface area contributed by atoms with E-state index in [4.69, 9.17) is 18.0 Å². The van der Waals surface area contributed by atoms with Gasteiger partial charge in [-0.25, -0.2) is 0 Å². The summed E-state index contributed by atoms with van der Waals surface area (Å²) in [5, 5.41) is 4.25. The van der Waals surface area contributed by atoms with Crippen molar-refractivity contribution in [3.05, 3.63) is 35.5 Å². The van der Waals surface area contributed by atoms with Crippen LogP contribution in [-0.2, 0) is 11.3 Å². The summed E-state index contributed by atoms with van der Waals surface area (Å²) in [5.74, 6) is 2.25. The van der Waals surface area contributed by atoms with Crippen LogP contribution in [0.4, 0.5) is 0 Å². The van der Waals surface area contributed by atoms with E-state index in [0.29, 0.717) is 5.02 Å². The maximum absolute atomic E-state index is 11.5. The highest BCUT2D eigenvalue weighted by Gasteiger charge is 2.06. The molecule has 0 atom stereocenters. The summed E-state index contributed by atoms with van der Waals surface area (Å²) >= 11 is 6.05. The van der Waals surface area contributed by atoms with Crippen LogP contribution in [0.1, 0.15) is 0 Å². The fourth-order valence-electron chi connectivity index (χ4n) is 1.68. The molecule has 1 aromatic heterocycles. The zero-order valence-corrected chi connectivity index (χ0v) is 9.87. The van der Waals surface area contributed by atoms with Gasteiger partial charge in [0.1, 0.15) is 6.54 Å². The molecule has 1 aromatic carbocycles. The third-order valence-corrected chi connectivity index (χ3v) is 2.79. The Bertz CT molecular complexity index is 595. The molecule has 1 heterocycles. The average molecular weight is 247 g/mol. The van der Waals surface area contributed by atoms with Gasteiger partial charge in [-0.1, -0.05) is 23.6 Å². The largest absolute Gasteiger partial charge is 0.344 e. The molecule has 2 aromatic rings. The van der Waals surface area contributed by atoms with Crippen LogP contribution in [0.3, 0.4) is 0 Å². The van der Waals surface area contributed by atoms with Gasteiger partial charge in [0.15, 0.2) is 0 Å². The second kappa shape index (κ2) is 4.94. The third-order valence-electron chi connectivity index (χ3n) is 2.46. The Balaban J connectivity index is 2.23. The van der Waals surface area contributed by atoms with E-state index in [0.717, 1.165) is 10.9 Å². The highest BCUT2D eigenvalue weighted by molar-refractivity contribution is 6.35. The Kier molecular flexibility index (Phi) is 3.36. The predicted molar refractivity (Wildman–Crippen MR) is 68.8 cm³/mol. The van der Waals surface area contributed by atoms with Gasteiger partial charge in [-0.3, -0.25) is 4.79 Å². The Morgan fingerprint density at radius 2 is 2.29 bits per heavy atom. The Morgan fingerprint density at radius 1 is 1.47 bits per heavy atom. The number of fused-ring (bicyclic) bond motifs is 1. The lowest BCUT2D eigenvalue weighted by atomic mass is 10.2. The first kappa shape index (κ1) is 11.6. The quantitative estimate of drug-likeness (QED) is 0.827. The first-order valence-electron chi connectivity index (χ1n) is 5.16. The number of carbonyl (C=O) groups is 1. The predicted octanol–water partition coefficient (Wildman–Crippen LogP) is 2.04. The van der Waals surface area contributed by atoms with Crippen LogP contribution in [0.2, 0.25) is 5.02 Å². The lowest BCUT2D eigenvalue weighted by Crippen LogP contribution is -2.27. The molecule has 4 heteroatoms. The zero-order valence-electron chi connectivity index (χ0n) is 9.11. The summed E-state index contributed by atoms with van der Waals surface area (Å²) < 4.78 is 1.84. The van der Waals surface area contributed by atoms with Gasteiger partial charge < -0.3 is 9.88 Å². The number of amides is 1. The van der Waals surface area contributed by atoms with Crippen molar-refractivity contribution in [1.29, 1.82) is 0 Å². The molecule has 0 saturated heterocycles. The van der Waals surface area contributed by atoms with Crippen LogP contribution in [0.5, 0.6) is 0 Å². The minimum atomic E-state index is -0.111. The first-order valence-corrected chi connectivity index (χ1v) is 5.53. The molecule has 86 valence electrons. The van der Waals surface area contributed by atoms with E-state index in [2.05, 4.69) is 11.2 Å². The van der Waals surface area contributed by atoms with Crippen LogP contribution in [0, 0.1) is 12.3 Å². The number of hydrogen-bond donors (Lipinski definition) is 1. The summed E-state index contributed by atoms with van der Waals surface area (Å²) in [6.07, 6.45) is 6.91. The van der Waals surface area contributed by atoms with E-state index >= 15 is 0 Å². The van der Waals surface area contributed by atoms with Crippen LogP contribution in [-0.4, -0.2) is 17.0 Å². The lowest BCUT2D eigenvalue weighted by molar-refractivity contribution is -0.121. The monoisotopic (exact) mass is 246 g/mol. The summed E-state index contributed by atoms with van der Waals surface area (Å²) in [5.41, 5.74) is 0.938. The van der Waals surface area contributed by atoms with E-state index in [9.17, 15) is 4.79 Å². The number of rotatable bonds is 3. The molecule has 0 aliphatic rings. The molecule has 2 rings (SSSR count). The lowest BCUT2D eigenvalue weighted by Gasteiger charge is -2.05. The molecular weight excluding hydrogens is 236 g/mol. The van der Waals surface area contributed by atoms with E-state index in [-0.39, 0.29) is 19.0 Å². The van der Waals surface area contributed by atoms with Crippen LogP contribution >= 0.6 is 11.6 Å². The van der Waals surface area contributed by atoms with Crippen molar-refractivity contribution < 1.29 is 4.79 Å². The van der Waals surface area contributed by atoms with Gasteiger partial charge in [0.25, 0.3) is 0 Å². The van der Waals surface area contributed by atoms with Gasteiger partial charge in [-0.2, -0.15) is 0 Å². The number of aromatic nitrogens is 1. The van der Waals surface area contributed by atoms with Crippen molar-refractivity contribution >= 4 is 28.4 Å². The number of hydrogen-bond acceptors (Lipinski definition) is 1. The summed E-state index contributed by atoms with van der Waals surface area (Å²) in [6, 6.07) is 7.51. The van der Waals surface area contributed by atoms with Crippen molar-refractivity contribution in [2.24, 2.45) is 0 Å². The van der Waals surface area contributed by atoms with Crippen molar-refractivity contribution in [1.82, 2.24) is 9.88 Å². The van der Waals surface area contributed by atoms with Gasteiger partial charge in [0.2, 0.25) is 5.91 Å². The number of benzene rings is 1. The number of nitrogens with zero attached hydrogens (tertiary/aromatic N) is 1. The number of carbonyl (C=O) groups excluding carboxylic acids is 1. The second-order valence-corrected chi connectivity index (χ2v) is 4.00. The second-order valence-electron chi connectivity index (χ2n) is 3.60. The van der Waals surface area contributed by atoms with E-state index in [1.54, 1.807) is 0 Å². The van der Waals surface area contributed by atoms with Gasteiger partial charge in [0, 0.05) is 22.1 Å². The fraction of sp³-hybridized carbons (Fsp3) is 0.154. The minimum absolute atomic E-state index is 0.111. The molecule has 0 saturated carbocycles. The van der Waals surface area contributed by atoms with Crippen molar-refractivity contribution in [3.63, 3.8) is 0 Å². The third kappa shape index (κ3) is 2.43. The van der Waals surface area contributed by atoms with E-state index in [1.807, 2.05) is 35.0 Å². The fourth-order valence-corrected chi connectivity index (χ4v) is 1.92. The van der Waals surface area contributed by atoms with Gasteiger partial charge in [-0.15, -0.1) is 6.42 Å². The van der Waals surface area contributed by atoms with Crippen LogP contribution in [0.15, 0.2) is 30.5 Å². The molecule has 0 aliphatic carbocycles. The molecule has 3 nitrogen and oxygen atoms in total. The van der Waals surface area contributed by atoms with Gasteiger partial charge >= 0.3 is 0 Å². The van der Waals surface area contributed by atoms with Crippen molar-refractivity contribution in [2.45, 2.75) is 6.54 Å². The molecular formula is C13H11ClN2O. The number of nitrogens with one attached hydrogen (secondary N) is 1. The van der Waals surface area contributed by atoms with Gasteiger partial charge in [-0.05, 0) is 18.2 Å². The molecule has 0 spiro atoms. The average Bonchev–Trinajstić information content (AvgIpc) is 2.71. The normalized spacial score (nSPS) is 10.1. The van der Waals surface area contributed by atoms with Gasteiger partial charge in [0.05, 0.1) is 6.54 Å². The Labute approximate surface area is 104 Å². The molecule has 0 radical (unpaired) electrons. The molecule has 0 unspecified atom stereocenters. The summed E-state index contributed by atoms with van der Waals surface area (Å²) in [4.78, 5) is 11.5. The topological polar surface area (TPSA) is 34.0 Å². The van der Waals surface area contributed by atoms with Crippen molar-refractivity contribution in [3.8, 4) is 12.3 Å². The smallest absolute Gasteiger partial charge is 0.240 e. The molecule has 1 amide bonds. The van der Waals surface area contributed by atoms with Crippen molar-refractivity contribution in [2.75, 3.05) is 6.54 Å². The molecule has 17 heavy (non-hydrogen) atoms. The standard InChI is InChI=1S/C13H11ClN2O/c1-2-7-15-13(17)9-16-8-6-10-11(14)4-3-5-12(10)16/h1,3-6,8H,7,9H2,(H,15,17). The van der Waals surface area contributed by atoms with Crippen LogP contribution in [0.25, 0.3) is 10.9 Å². The highest BCUT2D eigenvalue weighted by Crippen LogP contribution is 2.23. The number of terminal acetylenes is 1. The summed E-state index contributed by atoms with van der Waals surface area (Å²) in [7, 11) is 0. The van der Waals surface area contributed by atoms with Crippen LogP contribution < -0.4 is 5.32 Å². The SMILES string of the molecule is C#CCNC(=O)Cn1ccc2c(Cl)cccc21.